The summed E-state index contributed by atoms with van der Waals surface area (Å²) in [5.74, 6) is 0. The van der Waals surface area contributed by atoms with Crippen LogP contribution in [0.5, 0.6) is 0 Å². The van der Waals surface area contributed by atoms with Gasteiger partial charge in [0.05, 0.1) is 16.7 Å². The van der Waals surface area contributed by atoms with Gasteiger partial charge in [-0.25, -0.2) is 4.79 Å². The average Bonchev–Trinajstić information content (AvgIpc) is 3.22. The molecule has 1 aromatic carbocycles. The van der Waals surface area contributed by atoms with Crippen molar-refractivity contribution in [3.8, 4) is 0 Å². The second-order valence-electron chi connectivity index (χ2n) is 8.11. The number of carbonyl (C=O) groups excluding carboxylic acids is 1. The highest BCUT2D eigenvalue weighted by Crippen LogP contribution is 2.53. The summed E-state index contributed by atoms with van der Waals surface area (Å²) in [5.41, 5.74) is 9.56. The fourth-order valence-electron chi connectivity index (χ4n) is 3.68. The normalized spacial score (nSPS) is 19.9. The van der Waals surface area contributed by atoms with E-state index < -0.39 is 5.60 Å². The summed E-state index contributed by atoms with van der Waals surface area (Å²) in [5, 5.41) is 4.54. The Morgan fingerprint density at radius 3 is 2.70 bits per heavy atom. The number of nitrogen functional groups attached to an aromatic ring is 1. The van der Waals surface area contributed by atoms with Crippen molar-refractivity contribution < 1.29 is 9.53 Å². The SMILES string of the molecule is CC.CC1c2sc(N)c(C3Nc4cc(Br)ccc4S3)c2CCN1C(=O)OC(C)(C)C. The molecule has 0 aliphatic carbocycles. The van der Waals surface area contributed by atoms with Crippen LogP contribution in [0.1, 0.15) is 69.0 Å². The summed E-state index contributed by atoms with van der Waals surface area (Å²) in [6, 6.07) is 6.24. The molecule has 3 N–H and O–H groups in total. The molecule has 0 bridgehead atoms. The minimum absolute atomic E-state index is 0.0393. The topological polar surface area (TPSA) is 67.6 Å². The lowest BCUT2D eigenvalue weighted by molar-refractivity contribution is 0.0163. The Morgan fingerprint density at radius 2 is 2.03 bits per heavy atom. The van der Waals surface area contributed by atoms with Gasteiger partial charge in [-0.3, -0.25) is 0 Å². The van der Waals surface area contributed by atoms with Crippen LogP contribution in [-0.4, -0.2) is 23.1 Å². The predicted octanol–water partition coefficient (Wildman–Crippen LogP) is 7.19. The van der Waals surface area contributed by atoms with Crippen molar-refractivity contribution in [1.29, 1.82) is 0 Å². The molecule has 3 heterocycles. The molecule has 2 aliphatic rings. The van der Waals surface area contributed by atoms with Gasteiger partial charge in [-0.1, -0.05) is 41.5 Å². The molecule has 164 valence electrons. The molecule has 2 aromatic rings. The van der Waals surface area contributed by atoms with E-state index in [1.165, 1.54) is 20.9 Å². The number of nitrogens with one attached hydrogen (secondary N) is 1. The van der Waals surface area contributed by atoms with E-state index in [2.05, 4.69) is 46.4 Å². The average molecular weight is 513 g/mol. The van der Waals surface area contributed by atoms with E-state index in [0.717, 1.165) is 21.6 Å². The van der Waals surface area contributed by atoms with Gasteiger partial charge in [-0.15, -0.1) is 11.3 Å². The number of fused-ring (bicyclic) bond motifs is 2. The van der Waals surface area contributed by atoms with Gasteiger partial charge in [0.2, 0.25) is 0 Å². The van der Waals surface area contributed by atoms with E-state index in [0.29, 0.717) is 6.54 Å². The third kappa shape index (κ3) is 4.60. The lowest BCUT2D eigenvalue weighted by Crippen LogP contribution is -2.41. The number of halogens is 1. The zero-order valence-corrected chi connectivity index (χ0v) is 21.6. The number of hydrogen-bond acceptors (Lipinski definition) is 6. The summed E-state index contributed by atoms with van der Waals surface area (Å²) in [4.78, 5) is 16.8. The molecule has 4 rings (SSSR count). The third-order valence-corrected chi connectivity index (χ3v) is 7.86. The zero-order chi connectivity index (χ0) is 22.2. The number of carbonyl (C=O) groups is 1. The van der Waals surface area contributed by atoms with Gasteiger partial charge >= 0.3 is 6.09 Å². The van der Waals surface area contributed by atoms with Gasteiger partial charge < -0.3 is 20.7 Å². The van der Waals surface area contributed by atoms with Crippen LogP contribution in [-0.2, 0) is 11.2 Å². The quantitative estimate of drug-likeness (QED) is 0.423. The van der Waals surface area contributed by atoms with Crippen LogP contribution in [0.3, 0.4) is 0 Å². The van der Waals surface area contributed by atoms with Crippen molar-refractivity contribution in [3.05, 3.63) is 38.7 Å². The number of benzene rings is 1. The number of nitrogens with two attached hydrogens (primary N) is 1. The van der Waals surface area contributed by atoms with E-state index in [1.807, 2.05) is 39.5 Å². The van der Waals surface area contributed by atoms with Crippen molar-refractivity contribution in [3.63, 3.8) is 0 Å². The van der Waals surface area contributed by atoms with Crippen molar-refractivity contribution in [2.24, 2.45) is 0 Å². The Hall–Kier alpha value is -1.38. The number of anilines is 2. The first-order valence-corrected chi connectivity index (χ1v) is 12.8. The minimum Gasteiger partial charge on any atom is -0.444 e. The highest BCUT2D eigenvalue weighted by molar-refractivity contribution is 9.10. The predicted molar refractivity (Wildman–Crippen MR) is 132 cm³/mol. The fraction of sp³-hybridized carbons (Fsp3) is 0.500. The van der Waals surface area contributed by atoms with Gasteiger partial charge in [0.25, 0.3) is 0 Å². The smallest absolute Gasteiger partial charge is 0.410 e. The molecule has 2 aliphatic heterocycles. The Balaban J connectivity index is 0.00000124. The van der Waals surface area contributed by atoms with Crippen molar-refractivity contribution in [1.82, 2.24) is 4.90 Å². The molecule has 2 unspecified atom stereocenters. The third-order valence-electron chi connectivity index (χ3n) is 4.92. The van der Waals surface area contributed by atoms with E-state index >= 15 is 0 Å². The van der Waals surface area contributed by atoms with Gasteiger partial charge in [0, 0.05) is 26.4 Å². The van der Waals surface area contributed by atoms with Gasteiger partial charge in [-0.05, 0) is 57.9 Å². The van der Waals surface area contributed by atoms with Gasteiger partial charge in [0.15, 0.2) is 0 Å². The summed E-state index contributed by atoms with van der Waals surface area (Å²) < 4.78 is 6.65. The zero-order valence-electron chi connectivity index (χ0n) is 18.3. The number of amides is 1. The molecule has 1 amide bonds. The van der Waals surface area contributed by atoms with Crippen LogP contribution in [0, 0.1) is 0 Å². The van der Waals surface area contributed by atoms with E-state index in [9.17, 15) is 4.79 Å². The lowest BCUT2D eigenvalue weighted by Gasteiger charge is -2.35. The van der Waals surface area contributed by atoms with Crippen LogP contribution in [0.25, 0.3) is 0 Å². The molecule has 30 heavy (non-hydrogen) atoms. The standard InChI is InChI=1S/C20H24BrN3O2S2.C2H6/c1-10-16-12(7-8-24(10)19(25)26-20(2,3)4)15(17(22)28-16)18-23-13-9-11(21)5-6-14(13)27-18;1-2/h5-6,9-10,18,23H,7-8,22H2,1-4H3;1-2H3. The highest BCUT2D eigenvalue weighted by Gasteiger charge is 2.37. The molecule has 0 saturated heterocycles. The van der Waals surface area contributed by atoms with E-state index in [-0.39, 0.29) is 17.5 Å². The number of ether oxygens (including phenoxy) is 1. The van der Waals surface area contributed by atoms with Crippen molar-refractivity contribution >= 4 is 55.8 Å². The fourth-order valence-corrected chi connectivity index (χ4v) is 6.56. The largest absolute Gasteiger partial charge is 0.444 e. The lowest BCUT2D eigenvalue weighted by atomic mass is 9.98. The second-order valence-corrected chi connectivity index (χ2v) is 11.3. The monoisotopic (exact) mass is 511 g/mol. The van der Waals surface area contributed by atoms with Crippen LogP contribution in [0.15, 0.2) is 27.6 Å². The van der Waals surface area contributed by atoms with Crippen LogP contribution in [0.4, 0.5) is 15.5 Å². The summed E-state index contributed by atoms with van der Waals surface area (Å²) in [6.07, 6.45) is 0.533. The molecule has 1 aromatic heterocycles. The Morgan fingerprint density at radius 1 is 1.33 bits per heavy atom. The van der Waals surface area contributed by atoms with Crippen LogP contribution >= 0.6 is 39.0 Å². The maximum atomic E-state index is 12.6. The van der Waals surface area contributed by atoms with E-state index in [4.69, 9.17) is 10.5 Å². The molecule has 5 nitrogen and oxygen atoms in total. The number of nitrogens with zero attached hydrogens (tertiary/aromatic N) is 1. The summed E-state index contributed by atoms with van der Waals surface area (Å²) >= 11 is 6.93. The van der Waals surface area contributed by atoms with Gasteiger partial charge in [0.1, 0.15) is 11.0 Å². The van der Waals surface area contributed by atoms with Gasteiger partial charge in [-0.2, -0.15) is 0 Å². The maximum absolute atomic E-state index is 12.6. The first-order valence-electron chi connectivity index (χ1n) is 10.3. The molecule has 0 saturated carbocycles. The molecule has 0 spiro atoms. The Kier molecular flexibility index (Phi) is 6.99. The van der Waals surface area contributed by atoms with Crippen molar-refractivity contribution in [2.75, 3.05) is 17.6 Å². The highest BCUT2D eigenvalue weighted by atomic mass is 79.9. The molecule has 8 heteroatoms. The van der Waals surface area contributed by atoms with E-state index in [1.54, 1.807) is 23.1 Å². The molecular formula is C22H30BrN3O2S2. The first kappa shape index (κ1) is 23.3. The van der Waals surface area contributed by atoms with Crippen LogP contribution < -0.4 is 11.1 Å². The first-order chi connectivity index (χ1) is 14.1. The minimum atomic E-state index is -0.499. The number of rotatable bonds is 1. The molecule has 0 radical (unpaired) electrons. The number of thioether (sulfide) groups is 1. The number of hydrogen-bond donors (Lipinski definition) is 2. The second kappa shape index (κ2) is 9.01. The van der Waals surface area contributed by atoms with Crippen molar-refractivity contribution in [2.45, 2.75) is 69.9 Å². The summed E-state index contributed by atoms with van der Waals surface area (Å²) in [6.45, 7) is 12.4. The Labute approximate surface area is 195 Å². The molecular weight excluding hydrogens is 482 g/mol. The van der Waals surface area contributed by atoms with Crippen LogP contribution in [0.2, 0.25) is 0 Å². The molecule has 2 atom stereocenters. The maximum Gasteiger partial charge on any atom is 0.410 e. The summed E-state index contributed by atoms with van der Waals surface area (Å²) in [7, 11) is 0. The molecule has 0 fully saturated rings. The Bertz CT molecular complexity index is 939. The number of thiophene rings is 1.